The first-order valence-corrected chi connectivity index (χ1v) is 7.46. The van der Waals surface area contributed by atoms with Crippen molar-refractivity contribution in [3.63, 3.8) is 0 Å². The van der Waals surface area contributed by atoms with E-state index >= 15 is 0 Å². The molecule has 3 N–H and O–H groups in total. The minimum Gasteiger partial charge on any atom is -0.493 e. The number of benzene rings is 1. The van der Waals surface area contributed by atoms with Crippen LogP contribution in [0.3, 0.4) is 0 Å². The van der Waals surface area contributed by atoms with Gasteiger partial charge in [-0.2, -0.15) is 0 Å². The lowest BCUT2D eigenvalue weighted by Crippen LogP contribution is -2.54. The summed E-state index contributed by atoms with van der Waals surface area (Å²) in [4.78, 5) is 35.4. The van der Waals surface area contributed by atoms with Crippen LogP contribution in [0, 0.1) is 5.92 Å². The van der Waals surface area contributed by atoms with E-state index in [0.29, 0.717) is 17.9 Å². The summed E-state index contributed by atoms with van der Waals surface area (Å²) in [6.45, 7) is 7.13. The second-order valence-corrected chi connectivity index (χ2v) is 5.29. The summed E-state index contributed by atoms with van der Waals surface area (Å²) in [5, 5.41) is 2.67. The van der Waals surface area contributed by atoms with Crippen molar-refractivity contribution in [1.29, 1.82) is 0 Å². The molecule has 0 aliphatic rings. The Morgan fingerprint density at radius 2 is 1.78 bits per heavy atom. The topological polar surface area (TPSA) is 96.5 Å². The zero-order chi connectivity index (χ0) is 17.4. The Morgan fingerprint density at radius 3 is 2.35 bits per heavy atom. The van der Waals surface area contributed by atoms with Gasteiger partial charge in [0.15, 0.2) is 0 Å². The van der Waals surface area contributed by atoms with Gasteiger partial charge in [0.05, 0.1) is 12.2 Å². The van der Waals surface area contributed by atoms with Crippen molar-refractivity contribution in [2.45, 2.75) is 33.7 Å². The predicted molar refractivity (Wildman–Crippen MR) is 85.7 cm³/mol. The summed E-state index contributed by atoms with van der Waals surface area (Å²) < 4.78 is 5.42. The molecule has 23 heavy (non-hydrogen) atoms. The lowest BCUT2D eigenvalue weighted by Gasteiger charge is -2.22. The van der Waals surface area contributed by atoms with Crippen LogP contribution in [0.2, 0.25) is 0 Å². The molecule has 1 unspecified atom stereocenters. The van der Waals surface area contributed by atoms with E-state index in [1.165, 1.54) is 6.92 Å². The third-order valence-corrected chi connectivity index (χ3v) is 3.03. The molecule has 7 nitrogen and oxygen atoms in total. The number of ether oxygens (including phenoxy) is 1. The Balaban J connectivity index is 2.86. The number of carbonyl (C=O) groups excluding carboxylic acids is 3. The molecule has 1 atom stereocenters. The standard InChI is InChI=1S/C16H23N3O4/c1-5-23-13-9-7-6-8-12(13)15(21)17-14(10(2)3)16(22)19-18-11(4)20/h6-10,14H,5H2,1-4H3,(H,17,21)(H,18,20)(H,19,22). The van der Waals surface area contributed by atoms with Crippen LogP contribution < -0.4 is 20.9 Å². The van der Waals surface area contributed by atoms with E-state index in [1.807, 2.05) is 6.92 Å². The number of para-hydroxylation sites is 1. The van der Waals surface area contributed by atoms with Gasteiger partial charge in [0.2, 0.25) is 5.91 Å². The molecule has 1 rings (SSSR count). The zero-order valence-corrected chi connectivity index (χ0v) is 13.8. The highest BCUT2D eigenvalue weighted by Gasteiger charge is 2.25. The first kappa shape index (κ1) is 18.5. The largest absolute Gasteiger partial charge is 0.493 e. The normalized spacial score (nSPS) is 11.5. The number of hydrogen-bond donors (Lipinski definition) is 3. The molecule has 3 amide bonds. The monoisotopic (exact) mass is 321 g/mol. The number of amides is 3. The van der Waals surface area contributed by atoms with Gasteiger partial charge >= 0.3 is 0 Å². The van der Waals surface area contributed by atoms with E-state index in [9.17, 15) is 14.4 Å². The van der Waals surface area contributed by atoms with Crippen molar-refractivity contribution in [1.82, 2.24) is 16.2 Å². The van der Waals surface area contributed by atoms with Gasteiger partial charge < -0.3 is 10.1 Å². The van der Waals surface area contributed by atoms with Gasteiger partial charge in [0.1, 0.15) is 11.8 Å². The Labute approximate surface area is 135 Å². The summed E-state index contributed by atoms with van der Waals surface area (Å²) in [7, 11) is 0. The average Bonchev–Trinajstić information content (AvgIpc) is 2.50. The SMILES string of the molecule is CCOc1ccccc1C(=O)NC(C(=O)NNC(C)=O)C(C)C. The highest BCUT2D eigenvalue weighted by atomic mass is 16.5. The minimum atomic E-state index is -0.788. The Hall–Kier alpha value is -2.57. The maximum absolute atomic E-state index is 12.4. The molecule has 0 fully saturated rings. The summed E-state index contributed by atoms with van der Waals surface area (Å²) in [5.41, 5.74) is 4.84. The summed E-state index contributed by atoms with van der Waals surface area (Å²) >= 11 is 0. The third-order valence-electron chi connectivity index (χ3n) is 3.03. The molecule has 126 valence electrons. The third kappa shape index (κ3) is 5.61. The van der Waals surface area contributed by atoms with Crippen LogP contribution in [0.1, 0.15) is 38.1 Å². The second-order valence-electron chi connectivity index (χ2n) is 5.29. The molecule has 0 aliphatic heterocycles. The molecule has 0 radical (unpaired) electrons. The Bertz CT molecular complexity index is 572. The first-order valence-electron chi connectivity index (χ1n) is 7.46. The lowest BCUT2D eigenvalue weighted by atomic mass is 10.0. The fourth-order valence-corrected chi connectivity index (χ4v) is 1.92. The van der Waals surface area contributed by atoms with Crippen molar-refractivity contribution >= 4 is 17.7 Å². The van der Waals surface area contributed by atoms with Crippen molar-refractivity contribution in [2.24, 2.45) is 5.92 Å². The van der Waals surface area contributed by atoms with Crippen LogP contribution in [-0.2, 0) is 9.59 Å². The summed E-state index contributed by atoms with van der Waals surface area (Å²) in [6.07, 6.45) is 0. The van der Waals surface area contributed by atoms with Gasteiger partial charge in [0, 0.05) is 6.92 Å². The Kier molecular flexibility index (Phi) is 7.05. The number of carbonyl (C=O) groups is 3. The highest BCUT2D eigenvalue weighted by Crippen LogP contribution is 2.18. The molecule has 0 bridgehead atoms. The van der Waals surface area contributed by atoms with E-state index in [1.54, 1.807) is 38.1 Å². The van der Waals surface area contributed by atoms with Gasteiger partial charge in [-0.1, -0.05) is 26.0 Å². The fourth-order valence-electron chi connectivity index (χ4n) is 1.92. The van der Waals surface area contributed by atoms with Crippen LogP contribution in [0.15, 0.2) is 24.3 Å². The van der Waals surface area contributed by atoms with Crippen molar-refractivity contribution in [2.75, 3.05) is 6.61 Å². The highest BCUT2D eigenvalue weighted by molar-refractivity contribution is 5.99. The zero-order valence-electron chi connectivity index (χ0n) is 13.8. The minimum absolute atomic E-state index is 0.160. The molecule has 1 aromatic rings. The van der Waals surface area contributed by atoms with Gasteiger partial charge in [-0.05, 0) is 25.0 Å². The second kappa shape index (κ2) is 8.77. The van der Waals surface area contributed by atoms with Crippen LogP contribution in [-0.4, -0.2) is 30.4 Å². The molecular weight excluding hydrogens is 298 g/mol. The molecule has 0 aromatic heterocycles. The summed E-state index contributed by atoms with van der Waals surface area (Å²) in [5.74, 6) is -0.999. The maximum atomic E-state index is 12.4. The van der Waals surface area contributed by atoms with E-state index in [0.717, 1.165) is 0 Å². The number of hydrazine groups is 1. The smallest absolute Gasteiger partial charge is 0.261 e. The van der Waals surface area contributed by atoms with E-state index in [-0.39, 0.29) is 5.92 Å². The quantitative estimate of drug-likeness (QED) is 0.681. The lowest BCUT2D eigenvalue weighted by molar-refractivity contribution is -0.129. The molecular formula is C16H23N3O4. The van der Waals surface area contributed by atoms with Crippen LogP contribution >= 0.6 is 0 Å². The molecule has 0 aliphatic carbocycles. The maximum Gasteiger partial charge on any atom is 0.261 e. The van der Waals surface area contributed by atoms with E-state index in [4.69, 9.17) is 4.74 Å². The van der Waals surface area contributed by atoms with Gasteiger partial charge in [-0.15, -0.1) is 0 Å². The first-order chi connectivity index (χ1) is 10.9. The van der Waals surface area contributed by atoms with E-state index < -0.39 is 23.8 Å². The predicted octanol–water partition coefficient (Wildman–Crippen LogP) is 1.01. The number of rotatable bonds is 6. The van der Waals surface area contributed by atoms with Crippen LogP contribution in [0.4, 0.5) is 0 Å². The molecule has 0 heterocycles. The fraction of sp³-hybridized carbons (Fsp3) is 0.438. The molecule has 0 saturated carbocycles. The number of hydrogen-bond acceptors (Lipinski definition) is 4. The Morgan fingerprint density at radius 1 is 1.13 bits per heavy atom. The van der Waals surface area contributed by atoms with Gasteiger partial charge in [-0.3, -0.25) is 25.2 Å². The molecule has 0 spiro atoms. The van der Waals surface area contributed by atoms with Crippen LogP contribution in [0.25, 0.3) is 0 Å². The molecule has 1 aromatic carbocycles. The van der Waals surface area contributed by atoms with Crippen LogP contribution in [0.5, 0.6) is 5.75 Å². The molecule has 7 heteroatoms. The van der Waals surface area contributed by atoms with Gasteiger partial charge in [0.25, 0.3) is 11.8 Å². The van der Waals surface area contributed by atoms with Crippen molar-refractivity contribution in [3.8, 4) is 5.75 Å². The summed E-state index contributed by atoms with van der Waals surface area (Å²) in [6, 6.07) is 6.03. The average molecular weight is 321 g/mol. The molecule has 0 saturated heterocycles. The van der Waals surface area contributed by atoms with Crippen molar-refractivity contribution < 1.29 is 19.1 Å². The van der Waals surface area contributed by atoms with Crippen molar-refractivity contribution in [3.05, 3.63) is 29.8 Å². The number of nitrogens with one attached hydrogen (secondary N) is 3. The van der Waals surface area contributed by atoms with E-state index in [2.05, 4.69) is 16.2 Å². The van der Waals surface area contributed by atoms with Gasteiger partial charge in [-0.25, -0.2) is 0 Å².